The first kappa shape index (κ1) is 17.5. The maximum absolute atomic E-state index is 9.02. The second-order valence-corrected chi connectivity index (χ2v) is 5.39. The zero-order valence-corrected chi connectivity index (χ0v) is 13.6. The Balaban J connectivity index is 2.33. The highest BCUT2D eigenvalue weighted by atomic mass is 16.5. The molecule has 0 aliphatic carbocycles. The predicted octanol–water partition coefficient (Wildman–Crippen LogP) is 4.09. The molecule has 0 spiro atoms. The molecule has 21 heavy (non-hydrogen) atoms. The summed E-state index contributed by atoms with van der Waals surface area (Å²) in [4.78, 5) is 2.50. The maximum Gasteiger partial charge on any atom is 0.137 e. The van der Waals surface area contributed by atoms with Gasteiger partial charge in [0.25, 0.3) is 0 Å². The number of hydrogen-bond donors (Lipinski definition) is 0. The monoisotopic (exact) mass is 288 g/mol. The van der Waals surface area contributed by atoms with Gasteiger partial charge in [0.15, 0.2) is 0 Å². The van der Waals surface area contributed by atoms with Crippen LogP contribution in [0.2, 0.25) is 0 Å². The van der Waals surface area contributed by atoms with Gasteiger partial charge in [-0.05, 0) is 31.0 Å². The van der Waals surface area contributed by atoms with Crippen LogP contribution in [0.5, 0.6) is 5.75 Å². The Bertz CT molecular complexity index is 435. The van der Waals surface area contributed by atoms with Gasteiger partial charge in [0.2, 0.25) is 0 Å². The Morgan fingerprint density at radius 2 is 1.90 bits per heavy atom. The highest BCUT2D eigenvalue weighted by Crippen LogP contribution is 2.16. The molecule has 1 rings (SSSR count). The summed E-state index contributed by atoms with van der Waals surface area (Å²) in [5.41, 5.74) is 0.613. The van der Waals surface area contributed by atoms with Gasteiger partial charge in [-0.25, -0.2) is 0 Å². The van der Waals surface area contributed by atoms with E-state index in [0.717, 1.165) is 25.4 Å². The zero-order chi connectivity index (χ0) is 15.5. The molecule has 0 aromatic heterocycles. The predicted molar refractivity (Wildman–Crippen MR) is 87.5 cm³/mol. The van der Waals surface area contributed by atoms with Gasteiger partial charge >= 0.3 is 0 Å². The van der Waals surface area contributed by atoms with Crippen LogP contribution in [0.15, 0.2) is 24.3 Å². The average molecular weight is 288 g/mol. The molecular weight excluding hydrogens is 260 g/mol. The molecule has 1 aromatic carbocycles. The molecule has 116 valence electrons. The van der Waals surface area contributed by atoms with E-state index in [1.807, 2.05) is 18.2 Å². The van der Waals surface area contributed by atoms with E-state index in [0.29, 0.717) is 17.9 Å². The van der Waals surface area contributed by atoms with Crippen molar-refractivity contribution in [3.63, 3.8) is 0 Å². The van der Waals surface area contributed by atoms with Crippen molar-refractivity contribution in [2.45, 2.75) is 40.0 Å². The quantitative estimate of drug-likeness (QED) is 0.608. The molecule has 0 saturated carbocycles. The Morgan fingerprint density at radius 3 is 2.52 bits per heavy atom. The third-order valence-corrected chi connectivity index (χ3v) is 4.00. The lowest BCUT2D eigenvalue weighted by atomic mass is 10.0. The molecule has 0 aliphatic rings. The molecule has 0 radical (unpaired) electrons. The third-order valence-electron chi connectivity index (χ3n) is 4.00. The smallest absolute Gasteiger partial charge is 0.137 e. The van der Waals surface area contributed by atoms with Gasteiger partial charge in [-0.2, -0.15) is 5.26 Å². The van der Waals surface area contributed by atoms with E-state index in [4.69, 9.17) is 10.00 Å². The van der Waals surface area contributed by atoms with Crippen LogP contribution in [0.1, 0.15) is 45.6 Å². The SMILES string of the molecule is CCC(CC)CN(CC)CCCOc1ccccc1C#N. The van der Waals surface area contributed by atoms with Crippen molar-refractivity contribution < 1.29 is 4.74 Å². The largest absolute Gasteiger partial charge is 0.492 e. The fourth-order valence-electron chi connectivity index (χ4n) is 2.45. The maximum atomic E-state index is 9.02. The van der Waals surface area contributed by atoms with Crippen LogP contribution in [-0.2, 0) is 0 Å². The number of hydrogen-bond acceptors (Lipinski definition) is 3. The number of nitrogens with zero attached hydrogens (tertiary/aromatic N) is 2. The van der Waals surface area contributed by atoms with Crippen molar-refractivity contribution in [2.75, 3.05) is 26.2 Å². The molecule has 0 heterocycles. The molecule has 0 saturated heterocycles. The van der Waals surface area contributed by atoms with E-state index < -0.39 is 0 Å². The van der Waals surface area contributed by atoms with E-state index in [1.165, 1.54) is 19.4 Å². The lowest BCUT2D eigenvalue weighted by Crippen LogP contribution is -2.30. The lowest BCUT2D eigenvalue weighted by molar-refractivity contribution is 0.209. The Kier molecular flexibility index (Phi) is 8.54. The van der Waals surface area contributed by atoms with Gasteiger partial charge in [0.1, 0.15) is 11.8 Å². The van der Waals surface area contributed by atoms with E-state index in [-0.39, 0.29) is 0 Å². The van der Waals surface area contributed by atoms with Crippen LogP contribution in [-0.4, -0.2) is 31.1 Å². The van der Waals surface area contributed by atoms with Crippen LogP contribution >= 0.6 is 0 Å². The number of rotatable bonds is 10. The molecular formula is C18H28N2O. The third kappa shape index (κ3) is 6.18. The summed E-state index contributed by atoms with van der Waals surface area (Å²) in [5, 5.41) is 9.02. The van der Waals surface area contributed by atoms with E-state index >= 15 is 0 Å². The van der Waals surface area contributed by atoms with Crippen molar-refractivity contribution in [3.05, 3.63) is 29.8 Å². The Hall–Kier alpha value is -1.53. The summed E-state index contributed by atoms with van der Waals surface area (Å²) in [7, 11) is 0. The van der Waals surface area contributed by atoms with Crippen molar-refractivity contribution in [1.82, 2.24) is 4.90 Å². The first-order valence-corrected chi connectivity index (χ1v) is 8.09. The van der Waals surface area contributed by atoms with Gasteiger partial charge in [-0.3, -0.25) is 0 Å². The topological polar surface area (TPSA) is 36.3 Å². The van der Waals surface area contributed by atoms with Crippen LogP contribution in [0, 0.1) is 17.2 Å². The summed E-state index contributed by atoms with van der Waals surface area (Å²) in [6, 6.07) is 9.58. The normalized spacial score (nSPS) is 10.9. The first-order valence-electron chi connectivity index (χ1n) is 8.09. The van der Waals surface area contributed by atoms with Crippen molar-refractivity contribution in [3.8, 4) is 11.8 Å². The minimum atomic E-state index is 0.613. The van der Waals surface area contributed by atoms with Gasteiger partial charge < -0.3 is 9.64 Å². The Labute approximate surface area is 129 Å². The number of benzene rings is 1. The lowest BCUT2D eigenvalue weighted by Gasteiger charge is -2.25. The van der Waals surface area contributed by atoms with Gasteiger partial charge in [-0.1, -0.05) is 45.7 Å². The molecule has 0 aliphatic heterocycles. The molecule has 3 heteroatoms. The van der Waals surface area contributed by atoms with E-state index in [1.54, 1.807) is 6.07 Å². The van der Waals surface area contributed by atoms with Crippen molar-refractivity contribution >= 4 is 0 Å². The first-order chi connectivity index (χ1) is 10.2. The van der Waals surface area contributed by atoms with Gasteiger partial charge in [0.05, 0.1) is 12.2 Å². The fraction of sp³-hybridized carbons (Fsp3) is 0.611. The summed E-state index contributed by atoms with van der Waals surface area (Å²) < 4.78 is 5.73. The number of para-hydroxylation sites is 1. The average Bonchev–Trinajstić information content (AvgIpc) is 2.54. The standard InChI is InChI=1S/C18H28N2O/c1-4-16(5-2)15-20(6-3)12-9-13-21-18-11-8-7-10-17(18)14-19/h7-8,10-11,16H,4-6,9,12-13,15H2,1-3H3. The highest BCUT2D eigenvalue weighted by Gasteiger charge is 2.09. The number of nitriles is 1. The van der Waals surface area contributed by atoms with E-state index in [2.05, 4.69) is 31.7 Å². The van der Waals surface area contributed by atoms with E-state index in [9.17, 15) is 0 Å². The van der Waals surface area contributed by atoms with Crippen LogP contribution in [0.4, 0.5) is 0 Å². The fourth-order valence-corrected chi connectivity index (χ4v) is 2.45. The van der Waals surface area contributed by atoms with Crippen LogP contribution in [0.3, 0.4) is 0 Å². The molecule has 3 nitrogen and oxygen atoms in total. The molecule has 0 amide bonds. The summed E-state index contributed by atoms with van der Waals surface area (Å²) in [5.74, 6) is 1.49. The second-order valence-electron chi connectivity index (χ2n) is 5.39. The van der Waals surface area contributed by atoms with Crippen molar-refractivity contribution in [2.24, 2.45) is 5.92 Å². The van der Waals surface area contributed by atoms with Crippen LogP contribution in [0.25, 0.3) is 0 Å². The number of ether oxygens (including phenoxy) is 1. The van der Waals surface area contributed by atoms with Crippen molar-refractivity contribution in [1.29, 1.82) is 5.26 Å². The molecule has 0 unspecified atom stereocenters. The second kappa shape index (κ2) is 10.2. The zero-order valence-electron chi connectivity index (χ0n) is 13.6. The summed E-state index contributed by atoms with van der Waals surface area (Å²) >= 11 is 0. The van der Waals surface area contributed by atoms with Gasteiger partial charge in [-0.15, -0.1) is 0 Å². The Morgan fingerprint density at radius 1 is 1.19 bits per heavy atom. The minimum absolute atomic E-state index is 0.613. The molecule has 0 fully saturated rings. The molecule has 0 bridgehead atoms. The minimum Gasteiger partial charge on any atom is -0.492 e. The van der Waals surface area contributed by atoms with Gasteiger partial charge in [0, 0.05) is 13.1 Å². The highest BCUT2D eigenvalue weighted by molar-refractivity contribution is 5.42. The molecule has 0 N–H and O–H groups in total. The summed E-state index contributed by atoms with van der Waals surface area (Å²) in [6.45, 7) is 10.7. The summed E-state index contributed by atoms with van der Waals surface area (Å²) in [6.07, 6.45) is 3.49. The molecule has 1 aromatic rings. The van der Waals surface area contributed by atoms with Crippen LogP contribution < -0.4 is 4.74 Å². The molecule has 0 atom stereocenters.